The molecule has 1 heterocycles. The van der Waals surface area contributed by atoms with Crippen LogP contribution < -0.4 is 5.32 Å². The molecule has 0 radical (unpaired) electrons. The third-order valence-corrected chi connectivity index (χ3v) is 5.65. The largest absolute Gasteiger partial charge is 0.357 e. The quantitative estimate of drug-likeness (QED) is 0.597. The number of anilines is 1. The number of halogens is 1. The Balaban J connectivity index is 1.61. The first kappa shape index (κ1) is 15.0. The maximum atomic E-state index is 12.4. The summed E-state index contributed by atoms with van der Waals surface area (Å²) in [5.41, 5.74) is 0.721. The van der Waals surface area contributed by atoms with Crippen LogP contribution in [0.15, 0.2) is 33.1 Å². The molecule has 1 unspecified atom stereocenters. The highest BCUT2D eigenvalue weighted by atomic mass is 79.9. The molecule has 1 saturated carbocycles. The minimum Gasteiger partial charge on any atom is -0.357 e. The second kappa shape index (κ2) is 6.46. The van der Waals surface area contributed by atoms with Crippen molar-refractivity contribution in [2.75, 3.05) is 5.32 Å². The number of thioether (sulfide) groups is 1. The Bertz CT molecular complexity index is 640. The summed E-state index contributed by atoms with van der Waals surface area (Å²) >= 11 is 6.35. The number of nitrogens with one attached hydrogen (secondary N) is 1. The SMILES string of the molecule is CC(Sc1nnc(NC2CC2)s1)C(=O)c1ccc(Br)cc1. The molecule has 7 heteroatoms. The van der Waals surface area contributed by atoms with Gasteiger partial charge in [-0.05, 0) is 31.9 Å². The van der Waals surface area contributed by atoms with Crippen molar-refractivity contribution >= 4 is 49.9 Å². The predicted octanol–water partition coefficient (Wildman–Crippen LogP) is 4.24. The first-order valence-corrected chi connectivity index (χ1v) is 9.17. The number of hydrogen-bond donors (Lipinski definition) is 1. The van der Waals surface area contributed by atoms with E-state index in [1.807, 2.05) is 31.2 Å². The van der Waals surface area contributed by atoms with E-state index in [2.05, 4.69) is 31.4 Å². The van der Waals surface area contributed by atoms with Gasteiger partial charge < -0.3 is 5.32 Å². The molecule has 1 N–H and O–H groups in total. The fourth-order valence-electron chi connectivity index (χ4n) is 1.77. The van der Waals surface area contributed by atoms with Crippen LogP contribution in [-0.2, 0) is 0 Å². The predicted molar refractivity (Wildman–Crippen MR) is 90.3 cm³/mol. The lowest BCUT2D eigenvalue weighted by Gasteiger charge is -2.07. The van der Waals surface area contributed by atoms with E-state index in [9.17, 15) is 4.79 Å². The highest BCUT2D eigenvalue weighted by Crippen LogP contribution is 2.33. The van der Waals surface area contributed by atoms with E-state index in [-0.39, 0.29) is 11.0 Å². The number of Topliss-reactive ketones (excluding diaryl/α,β-unsaturated/α-hetero) is 1. The zero-order chi connectivity index (χ0) is 14.8. The molecule has 1 fully saturated rings. The Kier molecular flexibility index (Phi) is 4.61. The fraction of sp³-hybridized carbons (Fsp3) is 0.357. The molecule has 0 aliphatic heterocycles. The van der Waals surface area contributed by atoms with Crippen molar-refractivity contribution in [2.45, 2.75) is 35.4 Å². The van der Waals surface area contributed by atoms with Crippen molar-refractivity contribution in [3.05, 3.63) is 34.3 Å². The number of benzene rings is 1. The molecule has 1 aromatic heterocycles. The van der Waals surface area contributed by atoms with Crippen molar-refractivity contribution in [2.24, 2.45) is 0 Å². The highest BCUT2D eigenvalue weighted by Gasteiger charge is 2.23. The van der Waals surface area contributed by atoms with Gasteiger partial charge in [0.2, 0.25) is 5.13 Å². The van der Waals surface area contributed by atoms with Gasteiger partial charge in [-0.25, -0.2) is 0 Å². The molecule has 4 nitrogen and oxygen atoms in total. The summed E-state index contributed by atoms with van der Waals surface area (Å²) in [6.07, 6.45) is 2.42. The number of hydrogen-bond acceptors (Lipinski definition) is 6. The molecule has 0 bridgehead atoms. The van der Waals surface area contributed by atoms with E-state index in [4.69, 9.17) is 0 Å². The summed E-state index contributed by atoms with van der Waals surface area (Å²) in [4.78, 5) is 12.4. The van der Waals surface area contributed by atoms with Crippen LogP contribution >= 0.6 is 39.0 Å². The third-order valence-electron chi connectivity index (χ3n) is 3.09. The molecule has 2 aromatic rings. The van der Waals surface area contributed by atoms with Gasteiger partial charge in [0.05, 0.1) is 5.25 Å². The summed E-state index contributed by atoms with van der Waals surface area (Å²) in [7, 11) is 0. The summed E-state index contributed by atoms with van der Waals surface area (Å²) < 4.78 is 1.80. The number of rotatable bonds is 6. The van der Waals surface area contributed by atoms with Crippen molar-refractivity contribution in [3.8, 4) is 0 Å². The van der Waals surface area contributed by atoms with Gasteiger partial charge in [-0.1, -0.05) is 51.2 Å². The number of carbonyl (C=O) groups excluding carboxylic acids is 1. The average molecular weight is 384 g/mol. The van der Waals surface area contributed by atoms with Gasteiger partial charge in [0.25, 0.3) is 0 Å². The van der Waals surface area contributed by atoms with E-state index in [0.717, 1.165) is 19.5 Å². The van der Waals surface area contributed by atoms with Gasteiger partial charge in [0.1, 0.15) is 0 Å². The van der Waals surface area contributed by atoms with Crippen LogP contribution in [0.4, 0.5) is 5.13 Å². The van der Waals surface area contributed by atoms with Crippen LogP contribution in [0.3, 0.4) is 0 Å². The summed E-state index contributed by atoms with van der Waals surface area (Å²) in [6, 6.07) is 8.01. The maximum absolute atomic E-state index is 12.4. The Morgan fingerprint density at radius 1 is 1.38 bits per heavy atom. The average Bonchev–Trinajstić information content (AvgIpc) is 3.18. The van der Waals surface area contributed by atoms with Crippen molar-refractivity contribution < 1.29 is 4.79 Å². The zero-order valence-corrected chi connectivity index (χ0v) is 14.6. The van der Waals surface area contributed by atoms with Crippen molar-refractivity contribution in [3.63, 3.8) is 0 Å². The van der Waals surface area contributed by atoms with E-state index in [1.165, 1.54) is 35.9 Å². The lowest BCUT2D eigenvalue weighted by atomic mass is 10.1. The van der Waals surface area contributed by atoms with E-state index < -0.39 is 0 Å². The van der Waals surface area contributed by atoms with Gasteiger partial charge in [0, 0.05) is 16.1 Å². The summed E-state index contributed by atoms with van der Waals surface area (Å²) in [5.74, 6) is 0.111. The number of carbonyl (C=O) groups is 1. The fourth-order valence-corrected chi connectivity index (χ4v) is 4.09. The van der Waals surface area contributed by atoms with Crippen molar-refractivity contribution in [1.82, 2.24) is 10.2 Å². The molecular weight excluding hydrogens is 370 g/mol. The van der Waals surface area contributed by atoms with Gasteiger partial charge >= 0.3 is 0 Å². The Morgan fingerprint density at radius 3 is 2.76 bits per heavy atom. The van der Waals surface area contributed by atoms with Crippen LogP contribution in [0.5, 0.6) is 0 Å². The molecule has 1 atom stereocenters. The zero-order valence-electron chi connectivity index (χ0n) is 11.4. The number of aromatic nitrogens is 2. The van der Waals surface area contributed by atoms with Gasteiger partial charge in [-0.3, -0.25) is 4.79 Å². The molecule has 0 saturated heterocycles. The first-order valence-electron chi connectivity index (χ1n) is 6.68. The van der Waals surface area contributed by atoms with E-state index in [1.54, 1.807) is 0 Å². The van der Waals surface area contributed by atoms with Crippen LogP contribution in [0, 0.1) is 0 Å². The molecule has 1 aliphatic carbocycles. The number of nitrogens with zero attached hydrogens (tertiary/aromatic N) is 2. The normalized spacial score (nSPS) is 15.7. The standard InChI is InChI=1S/C14H14BrN3OS2/c1-8(12(19)9-2-4-10(15)5-3-9)20-14-18-17-13(21-14)16-11-6-7-11/h2-5,8,11H,6-7H2,1H3,(H,16,17). The minimum atomic E-state index is -0.173. The molecule has 0 spiro atoms. The molecule has 110 valence electrons. The van der Waals surface area contributed by atoms with Gasteiger partial charge in [0.15, 0.2) is 10.1 Å². The summed E-state index contributed by atoms with van der Waals surface area (Å²) in [6.45, 7) is 1.91. The van der Waals surface area contributed by atoms with Gasteiger partial charge in [-0.2, -0.15) is 0 Å². The second-order valence-electron chi connectivity index (χ2n) is 4.92. The molecular formula is C14H14BrN3OS2. The molecule has 1 aromatic carbocycles. The third kappa shape index (κ3) is 4.05. The van der Waals surface area contributed by atoms with Crippen LogP contribution in [0.1, 0.15) is 30.1 Å². The summed E-state index contributed by atoms with van der Waals surface area (Å²) in [5, 5.41) is 12.2. The minimum absolute atomic E-state index is 0.111. The topological polar surface area (TPSA) is 54.9 Å². The lowest BCUT2D eigenvalue weighted by molar-refractivity contribution is 0.0994. The lowest BCUT2D eigenvalue weighted by Crippen LogP contribution is -2.13. The van der Waals surface area contributed by atoms with Crippen LogP contribution in [0.2, 0.25) is 0 Å². The van der Waals surface area contributed by atoms with E-state index >= 15 is 0 Å². The van der Waals surface area contributed by atoms with Crippen LogP contribution in [-0.4, -0.2) is 27.3 Å². The number of ketones is 1. The Morgan fingerprint density at radius 2 is 2.10 bits per heavy atom. The Hall–Kier alpha value is -0.920. The molecule has 0 amide bonds. The molecule has 3 rings (SSSR count). The van der Waals surface area contributed by atoms with Crippen LogP contribution in [0.25, 0.3) is 0 Å². The van der Waals surface area contributed by atoms with E-state index in [0.29, 0.717) is 6.04 Å². The Labute approximate surface area is 139 Å². The smallest absolute Gasteiger partial charge is 0.206 e. The van der Waals surface area contributed by atoms with Crippen molar-refractivity contribution in [1.29, 1.82) is 0 Å². The monoisotopic (exact) mass is 383 g/mol. The van der Waals surface area contributed by atoms with Gasteiger partial charge in [-0.15, -0.1) is 10.2 Å². The molecule has 21 heavy (non-hydrogen) atoms. The molecule has 1 aliphatic rings. The first-order chi connectivity index (χ1) is 10.1. The maximum Gasteiger partial charge on any atom is 0.206 e. The second-order valence-corrected chi connectivity index (χ2v) is 8.40. The highest BCUT2D eigenvalue weighted by molar-refractivity contribution is 9.10.